The molecule has 1 aliphatic rings. The zero-order chi connectivity index (χ0) is 13.8. The standard InChI is InChI=1S/C16H26N2O/c1-11(2)12(3)15(18-17)10-16-14-7-5-4-6-13(14)8-9-19-16/h4-7,11-12,15-16,18H,8-10,17H2,1-3H3. The molecule has 106 valence electrons. The van der Waals surface area contributed by atoms with E-state index in [1.807, 2.05) is 0 Å². The Hall–Kier alpha value is -0.900. The fourth-order valence-corrected chi connectivity index (χ4v) is 2.80. The number of fused-ring (bicyclic) bond motifs is 1. The Morgan fingerprint density at radius 3 is 2.74 bits per heavy atom. The van der Waals surface area contributed by atoms with Crippen LogP contribution in [0.25, 0.3) is 0 Å². The minimum Gasteiger partial charge on any atom is -0.373 e. The first-order valence-electron chi connectivity index (χ1n) is 7.29. The number of nitrogens with two attached hydrogens (primary N) is 1. The first-order chi connectivity index (χ1) is 9.13. The van der Waals surface area contributed by atoms with Crippen LogP contribution in [-0.4, -0.2) is 12.6 Å². The van der Waals surface area contributed by atoms with E-state index in [1.165, 1.54) is 11.1 Å². The van der Waals surface area contributed by atoms with Crippen LogP contribution >= 0.6 is 0 Å². The maximum Gasteiger partial charge on any atom is 0.0843 e. The summed E-state index contributed by atoms with van der Waals surface area (Å²) in [7, 11) is 0. The molecule has 0 bridgehead atoms. The average Bonchev–Trinajstić information content (AvgIpc) is 2.44. The fourth-order valence-electron chi connectivity index (χ4n) is 2.80. The second-order valence-corrected chi connectivity index (χ2v) is 5.92. The lowest BCUT2D eigenvalue weighted by Crippen LogP contribution is -2.43. The van der Waals surface area contributed by atoms with E-state index < -0.39 is 0 Å². The summed E-state index contributed by atoms with van der Waals surface area (Å²) in [4.78, 5) is 0. The summed E-state index contributed by atoms with van der Waals surface area (Å²) >= 11 is 0. The third-order valence-electron chi connectivity index (χ3n) is 4.46. The number of hydrogen-bond donors (Lipinski definition) is 2. The van der Waals surface area contributed by atoms with Gasteiger partial charge in [0.05, 0.1) is 12.7 Å². The Morgan fingerprint density at radius 1 is 1.32 bits per heavy atom. The van der Waals surface area contributed by atoms with E-state index in [9.17, 15) is 0 Å². The van der Waals surface area contributed by atoms with Gasteiger partial charge in [-0.1, -0.05) is 45.0 Å². The van der Waals surface area contributed by atoms with Crippen molar-refractivity contribution in [3.63, 3.8) is 0 Å². The summed E-state index contributed by atoms with van der Waals surface area (Å²) < 4.78 is 5.97. The smallest absolute Gasteiger partial charge is 0.0843 e. The fraction of sp³-hybridized carbons (Fsp3) is 0.625. The number of ether oxygens (including phenoxy) is 1. The van der Waals surface area contributed by atoms with E-state index in [4.69, 9.17) is 10.6 Å². The van der Waals surface area contributed by atoms with Crippen LogP contribution in [0.15, 0.2) is 24.3 Å². The molecule has 19 heavy (non-hydrogen) atoms. The molecule has 2 rings (SSSR count). The van der Waals surface area contributed by atoms with Gasteiger partial charge in [0.15, 0.2) is 0 Å². The van der Waals surface area contributed by atoms with Crippen molar-refractivity contribution >= 4 is 0 Å². The quantitative estimate of drug-likeness (QED) is 0.633. The maximum atomic E-state index is 5.97. The van der Waals surface area contributed by atoms with Crippen LogP contribution in [0.5, 0.6) is 0 Å². The molecular weight excluding hydrogens is 236 g/mol. The van der Waals surface area contributed by atoms with Gasteiger partial charge in [-0.2, -0.15) is 0 Å². The van der Waals surface area contributed by atoms with E-state index >= 15 is 0 Å². The molecule has 1 aromatic carbocycles. The summed E-state index contributed by atoms with van der Waals surface area (Å²) in [5.41, 5.74) is 5.74. The third kappa shape index (κ3) is 3.35. The molecule has 1 aliphatic heterocycles. The minimum absolute atomic E-state index is 0.173. The van der Waals surface area contributed by atoms with Crippen molar-refractivity contribution in [2.75, 3.05) is 6.61 Å². The predicted octanol–water partition coefficient (Wildman–Crippen LogP) is 2.81. The van der Waals surface area contributed by atoms with Gasteiger partial charge in [-0.25, -0.2) is 0 Å². The van der Waals surface area contributed by atoms with Crippen molar-refractivity contribution in [1.29, 1.82) is 0 Å². The highest BCUT2D eigenvalue weighted by molar-refractivity contribution is 5.31. The van der Waals surface area contributed by atoms with E-state index in [0.717, 1.165) is 19.4 Å². The molecule has 3 N–H and O–H groups in total. The Balaban J connectivity index is 2.11. The van der Waals surface area contributed by atoms with Crippen molar-refractivity contribution < 1.29 is 4.74 Å². The summed E-state index contributed by atoms with van der Waals surface area (Å²) in [6, 6.07) is 8.89. The Kier molecular flexibility index (Phi) is 4.97. The molecule has 0 aromatic heterocycles. The molecule has 0 spiro atoms. The van der Waals surface area contributed by atoms with Crippen LogP contribution in [0.4, 0.5) is 0 Å². The van der Waals surface area contributed by atoms with Crippen LogP contribution in [0.3, 0.4) is 0 Å². The molecular formula is C16H26N2O. The lowest BCUT2D eigenvalue weighted by molar-refractivity contribution is 0.0229. The second-order valence-electron chi connectivity index (χ2n) is 5.92. The second kappa shape index (κ2) is 6.51. The Morgan fingerprint density at radius 2 is 2.05 bits per heavy atom. The molecule has 0 fully saturated rings. The Labute approximate surface area is 116 Å². The summed E-state index contributed by atoms with van der Waals surface area (Å²) in [6.45, 7) is 7.55. The molecule has 0 saturated heterocycles. The van der Waals surface area contributed by atoms with E-state index in [1.54, 1.807) is 0 Å². The van der Waals surface area contributed by atoms with Crippen molar-refractivity contribution in [3.05, 3.63) is 35.4 Å². The third-order valence-corrected chi connectivity index (χ3v) is 4.46. The molecule has 0 saturated carbocycles. The van der Waals surface area contributed by atoms with Gasteiger partial charge in [-0.3, -0.25) is 11.3 Å². The van der Waals surface area contributed by atoms with Crippen LogP contribution < -0.4 is 11.3 Å². The number of hydrazine groups is 1. The number of hydrogen-bond acceptors (Lipinski definition) is 3. The summed E-state index contributed by atoms with van der Waals surface area (Å²) in [6.07, 6.45) is 2.13. The van der Waals surface area contributed by atoms with Gasteiger partial charge in [0, 0.05) is 6.04 Å². The molecule has 3 heteroatoms. The van der Waals surface area contributed by atoms with E-state index in [0.29, 0.717) is 11.8 Å². The van der Waals surface area contributed by atoms with Gasteiger partial charge in [0.1, 0.15) is 0 Å². The van der Waals surface area contributed by atoms with Crippen molar-refractivity contribution in [2.24, 2.45) is 17.7 Å². The molecule has 1 aromatic rings. The van der Waals surface area contributed by atoms with E-state index in [-0.39, 0.29) is 12.1 Å². The van der Waals surface area contributed by atoms with Crippen LogP contribution in [0, 0.1) is 11.8 Å². The first kappa shape index (κ1) is 14.5. The van der Waals surface area contributed by atoms with Gasteiger partial charge in [0.2, 0.25) is 0 Å². The average molecular weight is 262 g/mol. The SMILES string of the molecule is CC(C)C(C)C(CC1OCCc2ccccc21)NN. The van der Waals surface area contributed by atoms with Crippen molar-refractivity contribution in [3.8, 4) is 0 Å². The lowest BCUT2D eigenvalue weighted by atomic mass is 9.85. The van der Waals surface area contributed by atoms with Gasteiger partial charge >= 0.3 is 0 Å². The van der Waals surface area contributed by atoms with Gasteiger partial charge in [-0.15, -0.1) is 0 Å². The van der Waals surface area contributed by atoms with Gasteiger partial charge < -0.3 is 4.74 Å². The molecule has 0 radical (unpaired) electrons. The number of rotatable bonds is 5. The zero-order valence-corrected chi connectivity index (χ0v) is 12.2. The molecule has 3 nitrogen and oxygen atoms in total. The van der Waals surface area contributed by atoms with E-state index in [2.05, 4.69) is 50.5 Å². The molecule has 0 amide bonds. The molecule has 1 heterocycles. The number of nitrogens with one attached hydrogen (secondary N) is 1. The van der Waals surface area contributed by atoms with Crippen molar-refractivity contribution in [2.45, 2.75) is 45.8 Å². The minimum atomic E-state index is 0.173. The molecule has 0 aliphatic carbocycles. The highest BCUT2D eigenvalue weighted by Crippen LogP contribution is 2.32. The van der Waals surface area contributed by atoms with Crippen LogP contribution in [0.1, 0.15) is 44.4 Å². The van der Waals surface area contributed by atoms with Gasteiger partial charge in [-0.05, 0) is 35.8 Å². The summed E-state index contributed by atoms with van der Waals surface area (Å²) in [5.74, 6) is 6.88. The largest absolute Gasteiger partial charge is 0.373 e. The zero-order valence-electron chi connectivity index (χ0n) is 12.2. The number of benzene rings is 1. The highest BCUT2D eigenvalue weighted by atomic mass is 16.5. The predicted molar refractivity (Wildman–Crippen MR) is 78.6 cm³/mol. The van der Waals surface area contributed by atoms with Crippen LogP contribution in [0.2, 0.25) is 0 Å². The first-order valence-corrected chi connectivity index (χ1v) is 7.29. The van der Waals surface area contributed by atoms with Crippen molar-refractivity contribution in [1.82, 2.24) is 5.43 Å². The lowest BCUT2D eigenvalue weighted by Gasteiger charge is -2.32. The molecule has 3 unspecified atom stereocenters. The maximum absolute atomic E-state index is 5.97. The monoisotopic (exact) mass is 262 g/mol. The topological polar surface area (TPSA) is 47.3 Å². The Bertz CT molecular complexity index is 405. The van der Waals surface area contributed by atoms with Gasteiger partial charge in [0.25, 0.3) is 0 Å². The summed E-state index contributed by atoms with van der Waals surface area (Å²) in [5, 5.41) is 0. The molecule has 3 atom stereocenters. The normalized spacial score (nSPS) is 22.1. The highest BCUT2D eigenvalue weighted by Gasteiger charge is 2.27. The van der Waals surface area contributed by atoms with Crippen LogP contribution in [-0.2, 0) is 11.2 Å².